The van der Waals surface area contributed by atoms with Gasteiger partial charge in [0.05, 0.1) is 72.7 Å². The van der Waals surface area contributed by atoms with Gasteiger partial charge in [0, 0.05) is 98.6 Å². The van der Waals surface area contributed by atoms with E-state index in [0.717, 1.165) is 138 Å². The van der Waals surface area contributed by atoms with Crippen molar-refractivity contribution < 1.29 is 54.8 Å². The van der Waals surface area contributed by atoms with E-state index in [1.165, 1.54) is 22.3 Å². The maximum Gasteiger partial charge on any atom is 0.264 e. The topological polar surface area (TPSA) is 195 Å². The number of carbonyl (C=O) groups is 2. The van der Waals surface area contributed by atoms with E-state index in [0.29, 0.717) is 125 Å². The van der Waals surface area contributed by atoms with E-state index in [-0.39, 0.29) is 22.7 Å². The van der Waals surface area contributed by atoms with Crippen molar-refractivity contribution in [2.24, 2.45) is 35.5 Å². The Morgan fingerprint density at radius 1 is 0.560 bits per heavy atom. The lowest BCUT2D eigenvalue weighted by molar-refractivity contribution is -0.0623. The molecule has 4 bridgehead atoms. The van der Waals surface area contributed by atoms with Crippen LogP contribution in [0, 0.1) is 35.5 Å². The summed E-state index contributed by atoms with van der Waals surface area (Å²) < 4.78 is 98.3. The third-order valence-electron chi connectivity index (χ3n) is 24.8. The number of aryl methyl sites for hydroxylation is 2. The third-order valence-corrected chi connectivity index (χ3v) is 29.2. The van der Waals surface area contributed by atoms with Crippen molar-refractivity contribution in [2.75, 3.05) is 129 Å². The minimum atomic E-state index is -4.02. The summed E-state index contributed by atoms with van der Waals surface area (Å²) in [5, 5.41) is -0.0117. The molecule has 0 unspecified atom stereocenters. The van der Waals surface area contributed by atoms with Crippen LogP contribution in [-0.4, -0.2) is 179 Å². The quantitative estimate of drug-likeness (QED) is 0.158. The Morgan fingerprint density at radius 3 is 1.35 bits per heavy atom. The lowest BCUT2D eigenvalue weighted by atomic mass is 9.64. The van der Waals surface area contributed by atoms with Gasteiger partial charge >= 0.3 is 0 Å². The number of carbonyl (C=O) groups excluding carboxylic acids is 2. The van der Waals surface area contributed by atoms with Crippen molar-refractivity contribution in [3.05, 3.63) is 141 Å². The fourth-order valence-corrected chi connectivity index (χ4v) is 22.2. The van der Waals surface area contributed by atoms with Gasteiger partial charge in [-0.1, -0.05) is 73.5 Å². The first-order valence-corrected chi connectivity index (χ1v) is 40.6. The molecule has 2 saturated carbocycles. The number of ether oxygens (including phenoxy) is 6. The number of amides is 2. The number of hydrogen-bond acceptors (Lipinski definition) is 16. The molecule has 18 nitrogen and oxygen atoms in total. The predicted molar refractivity (Wildman–Crippen MR) is 394 cm³/mol. The van der Waals surface area contributed by atoms with Crippen molar-refractivity contribution >= 4 is 66.4 Å². The van der Waals surface area contributed by atoms with Crippen molar-refractivity contribution in [3.8, 4) is 11.5 Å². The average Bonchev–Trinajstić information content (AvgIpc) is 1.46. The Hall–Kier alpha value is -5.26. The van der Waals surface area contributed by atoms with Crippen LogP contribution in [0.5, 0.6) is 11.5 Å². The molecule has 4 aromatic carbocycles. The fourth-order valence-electron chi connectivity index (χ4n) is 18.5. The van der Waals surface area contributed by atoms with Gasteiger partial charge in [-0.15, -0.1) is 0 Å². The highest BCUT2D eigenvalue weighted by atomic mass is 35.5. The molecule has 100 heavy (non-hydrogen) atoms. The third kappa shape index (κ3) is 15.5. The number of nitrogens with one attached hydrogen (secondary N) is 2. The van der Waals surface area contributed by atoms with E-state index >= 15 is 0 Å². The summed E-state index contributed by atoms with van der Waals surface area (Å²) in [6, 6.07) is 23.3. The summed E-state index contributed by atoms with van der Waals surface area (Å²) >= 11 is 12.9. The second-order valence-corrected chi connectivity index (χ2v) is 35.7. The Morgan fingerprint density at radius 2 is 0.970 bits per heavy atom. The molecule has 10 aliphatic rings. The Bertz CT molecular complexity index is 3680. The molecule has 2 N–H and O–H groups in total. The van der Waals surface area contributed by atoms with Gasteiger partial charge in [-0.2, -0.15) is 0 Å². The zero-order valence-corrected chi connectivity index (χ0v) is 62.5. The van der Waals surface area contributed by atoms with Gasteiger partial charge in [0.2, 0.25) is 20.0 Å². The number of fused-ring (bicyclic) bond motifs is 8. The molecule has 544 valence electrons. The molecule has 0 radical (unpaired) electrons. The molecule has 6 heterocycles. The number of nitrogens with zero attached hydrogens (tertiary/aromatic N) is 4. The number of rotatable bonds is 8. The highest BCUT2D eigenvalue weighted by Crippen LogP contribution is 2.52. The van der Waals surface area contributed by atoms with Gasteiger partial charge in [0.1, 0.15) is 11.5 Å². The molecular formula is C78H104Cl2N6O12S2. The van der Waals surface area contributed by atoms with Crippen molar-refractivity contribution in [2.45, 2.75) is 150 Å². The van der Waals surface area contributed by atoms with Crippen molar-refractivity contribution in [3.63, 3.8) is 0 Å². The van der Waals surface area contributed by atoms with E-state index in [1.54, 1.807) is 26.4 Å². The first-order chi connectivity index (χ1) is 48.0. The Labute approximate surface area is 603 Å². The largest absolute Gasteiger partial charge is 0.490 e. The molecule has 22 heteroatoms. The highest BCUT2D eigenvalue weighted by Gasteiger charge is 2.50. The summed E-state index contributed by atoms with van der Waals surface area (Å²) in [6.45, 7) is 19.2. The first kappa shape index (κ1) is 73.1. The highest BCUT2D eigenvalue weighted by molar-refractivity contribution is 7.91. The molecule has 6 aliphatic heterocycles. The zero-order chi connectivity index (χ0) is 70.2. The summed E-state index contributed by atoms with van der Waals surface area (Å²) in [7, 11) is -4.47. The van der Waals surface area contributed by atoms with Crippen LogP contribution in [0.3, 0.4) is 0 Å². The van der Waals surface area contributed by atoms with Gasteiger partial charge < -0.3 is 38.2 Å². The molecule has 12 atom stereocenters. The molecule has 0 aromatic heterocycles. The molecule has 4 fully saturated rings. The summed E-state index contributed by atoms with van der Waals surface area (Å²) in [5.41, 5.74) is 5.91. The minimum Gasteiger partial charge on any atom is -0.490 e. The standard InChI is InChI=1S/2C39H52ClN3O6S/c2*1-27-6-4-15-38(2,47-3)32-11-8-30(32)24-43-25-39(16-5-7-28-22-31(40)10-12-33(28)39)26-49-35-13-9-29(23-34(35)43)37(44)41-50(45,46)36(27)14-17-42-18-20-48-21-19-42/h2*4,9-10,12-13,15,22-23,27,30,32,36H,5-8,11,14,16-21,24-26H2,1-3H3,(H,41,44)/b2*15-4+/t27-,30-,32+,36+,38+,39-;27-,30-,32+,36+,38-,39-/m00/s1. The number of anilines is 2. The Balaban J connectivity index is 0.000000179. The average molecular weight is 1450 g/mol. The number of methoxy groups -OCH3 is 2. The molecule has 4 aromatic rings. The molecule has 4 aliphatic carbocycles. The number of morpholine rings is 2. The maximum atomic E-state index is 14.1. The Kier molecular flexibility index (Phi) is 22.2. The van der Waals surface area contributed by atoms with Crippen LogP contribution in [0.2, 0.25) is 10.0 Å². The van der Waals surface area contributed by atoms with Gasteiger partial charge in [-0.3, -0.25) is 19.4 Å². The summed E-state index contributed by atoms with van der Waals surface area (Å²) in [6.07, 6.45) is 20.8. The van der Waals surface area contributed by atoms with Crippen molar-refractivity contribution in [1.29, 1.82) is 0 Å². The lowest BCUT2D eigenvalue weighted by Gasteiger charge is -2.49. The van der Waals surface area contributed by atoms with Crippen LogP contribution in [-0.2, 0) is 62.7 Å². The normalized spacial score (nSPS) is 33.6. The van der Waals surface area contributed by atoms with Crippen LogP contribution in [0.25, 0.3) is 0 Å². The number of allylic oxidation sites excluding steroid dienone is 2. The van der Waals surface area contributed by atoms with Crippen LogP contribution >= 0.6 is 23.2 Å². The van der Waals surface area contributed by atoms with Crippen LogP contribution in [0.4, 0.5) is 11.4 Å². The molecule has 2 spiro atoms. The molecule has 2 saturated heterocycles. The number of benzene rings is 4. The van der Waals surface area contributed by atoms with Gasteiger partial charge in [0.15, 0.2) is 0 Å². The summed E-state index contributed by atoms with van der Waals surface area (Å²) in [5.74, 6) is 1.09. The van der Waals surface area contributed by atoms with E-state index in [2.05, 4.69) is 91.5 Å². The SMILES string of the molecule is CO[C@@]1(C)/C=C/C[C@H](C)[C@@H](CCN2CCOCC2)S(=O)(=O)NC(=O)c2ccc3c(c2)N(C[C@@H]2CC[C@H]21)C[C@@]1(CCCc2cc(Cl)ccc21)CO3.CO[C@]1(C)/C=C/C[C@H](C)[C@@H](CCN2CCOCC2)S(=O)(=O)NC(=O)c2ccc3c(c2)N(C[C@@H]2CC[C@H]21)C[C@@]1(CCCc2cc(Cl)ccc21)CO3. The van der Waals surface area contributed by atoms with Crippen LogP contribution < -0.4 is 28.7 Å². The number of sulfonamides is 2. The minimum absolute atomic E-state index is 0.218. The number of halogens is 2. The van der Waals surface area contributed by atoms with Gasteiger partial charge in [0.25, 0.3) is 11.8 Å². The van der Waals surface area contributed by atoms with Gasteiger partial charge in [-0.25, -0.2) is 26.3 Å². The van der Waals surface area contributed by atoms with Crippen LogP contribution in [0.1, 0.15) is 148 Å². The first-order valence-electron chi connectivity index (χ1n) is 36.8. The monoisotopic (exact) mass is 1450 g/mol. The van der Waals surface area contributed by atoms with E-state index in [1.807, 2.05) is 50.2 Å². The lowest BCUT2D eigenvalue weighted by Crippen LogP contribution is -2.52. The summed E-state index contributed by atoms with van der Waals surface area (Å²) in [4.78, 5) is 37.1. The molecule has 14 rings (SSSR count). The second-order valence-electron chi connectivity index (χ2n) is 31.0. The van der Waals surface area contributed by atoms with E-state index in [4.69, 9.17) is 51.6 Å². The van der Waals surface area contributed by atoms with E-state index in [9.17, 15) is 26.4 Å². The maximum absolute atomic E-state index is 14.1. The smallest absolute Gasteiger partial charge is 0.264 e. The molecule has 2 amide bonds. The molecular weight excluding hydrogens is 1350 g/mol. The zero-order valence-electron chi connectivity index (χ0n) is 59.3. The fraction of sp³-hybridized carbons (Fsp3) is 0.615. The second kappa shape index (κ2) is 30.4. The number of hydrogen-bond donors (Lipinski definition) is 2. The van der Waals surface area contributed by atoms with E-state index < -0.39 is 53.6 Å². The predicted octanol–water partition coefficient (Wildman–Crippen LogP) is 12.0. The van der Waals surface area contributed by atoms with Gasteiger partial charge in [-0.05, 0) is 235 Å². The van der Waals surface area contributed by atoms with Crippen LogP contribution in [0.15, 0.2) is 97.1 Å². The van der Waals surface area contributed by atoms with Crippen molar-refractivity contribution in [1.82, 2.24) is 19.2 Å².